The van der Waals surface area contributed by atoms with E-state index >= 15 is 0 Å². The number of nitrogens with one attached hydrogen (secondary N) is 1. The average Bonchev–Trinajstić information content (AvgIpc) is 3.35. The van der Waals surface area contributed by atoms with Gasteiger partial charge in [0.05, 0.1) is 17.3 Å². The van der Waals surface area contributed by atoms with Crippen molar-refractivity contribution in [3.05, 3.63) is 54.3 Å². The van der Waals surface area contributed by atoms with Crippen molar-refractivity contribution in [3.8, 4) is 11.5 Å². The number of amides is 1. The van der Waals surface area contributed by atoms with Gasteiger partial charge in [0.15, 0.2) is 5.76 Å². The van der Waals surface area contributed by atoms with Gasteiger partial charge in [0.2, 0.25) is 0 Å². The van der Waals surface area contributed by atoms with Crippen LogP contribution in [0.15, 0.2) is 53.1 Å². The molecule has 0 aliphatic carbocycles. The van der Waals surface area contributed by atoms with Gasteiger partial charge in [-0.15, -0.1) is 0 Å². The van der Waals surface area contributed by atoms with Gasteiger partial charge in [0, 0.05) is 30.6 Å². The van der Waals surface area contributed by atoms with E-state index < -0.39 is 0 Å². The molecule has 138 valence electrons. The Kier molecular flexibility index (Phi) is 3.97. The molecule has 1 amide bonds. The molecule has 0 saturated carbocycles. The van der Waals surface area contributed by atoms with Crippen LogP contribution in [0.2, 0.25) is 0 Å². The van der Waals surface area contributed by atoms with Crippen LogP contribution in [0.1, 0.15) is 36.0 Å². The minimum atomic E-state index is 0.0627. The van der Waals surface area contributed by atoms with E-state index in [1.807, 2.05) is 54.4 Å². The van der Waals surface area contributed by atoms with E-state index in [1.54, 1.807) is 6.26 Å². The van der Waals surface area contributed by atoms with Crippen LogP contribution < -0.4 is 5.32 Å². The second kappa shape index (κ2) is 6.50. The van der Waals surface area contributed by atoms with Gasteiger partial charge >= 0.3 is 0 Å². The Balaban J connectivity index is 1.54. The van der Waals surface area contributed by atoms with E-state index in [1.165, 1.54) is 12.8 Å². The summed E-state index contributed by atoms with van der Waals surface area (Å²) in [5.41, 5.74) is 2.20. The Labute approximate surface area is 158 Å². The molecule has 27 heavy (non-hydrogen) atoms. The lowest BCUT2D eigenvalue weighted by atomic mass is 9.97. The van der Waals surface area contributed by atoms with Gasteiger partial charge in [0.25, 0.3) is 5.91 Å². The van der Waals surface area contributed by atoms with Crippen molar-refractivity contribution >= 4 is 16.8 Å². The number of carbonyl (C=O) groups excluding carboxylic acids is 1. The first-order chi connectivity index (χ1) is 13.2. The first-order valence-electron chi connectivity index (χ1n) is 9.66. The zero-order valence-corrected chi connectivity index (χ0v) is 15.4. The van der Waals surface area contributed by atoms with Crippen molar-refractivity contribution in [2.75, 3.05) is 7.05 Å². The molecule has 2 saturated heterocycles. The molecule has 5 rings (SSSR count). The number of nitrogens with zero attached hydrogens (tertiary/aromatic N) is 2. The molecule has 2 aromatic heterocycles. The second-order valence-corrected chi connectivity index (χ2v) is 7.73. The van der Waals surface area contributed by atoms with Crippen molar-refractivity contribution in [1.29, 1.82) is 0 Å². The lowest BCUT2D eigenvalue weighted by Crippen LogP contribution is -2.48. The highest BCUT2D eigenvalue weighted by Gasteiger charge is 2.36. The first-order valence-corrected chi connectivity index (χ1v) is 9.66. The number of carbonyl (C=O) groups is 1. The Morgan fingerprint density at radius 2 is 1.93 bits per heavy atom. The molecular weight excluding hydrogens is 338 g/mol. The average molecular weight is 361 g/mol. The molecule has 5 heteroatoms. The van der Waals surface area contributed by atoms with Gasteiger partial charge in [-0.3, -0.25) is 4.79 Å². The van der Waals surface area contributed by atoms with Gasteiger partial charge in [-0.2, -0.15) is 0 Å². The summed E-state index contributed by atoms with van der Waals surface area (Å²) in [5.74, 6) is 0.741. The lowest BCUT2D eigenvalue weighted by Gasteiger charge is -2.35. The Morgan fingerprint density at radius 1 is 1.15 bits per heavy atom. The predicted molar refractivity (Wildman–Crippen MR) is 105 cm³/mol. The molecule has 2 fully saturated rings. The summed E-state index contributed by atoms with van der Waals surface area (Å²) in [4.78, 5) is 20.1. The van der Waals surface area contributed by atoms with Crippen molar-refractivity contribution in [1.82, 2.24) is 15.2 Å². The number of aromatic nitrogens is 1. The monoisotopic (exact) mass is 361 g/mol. The lowest BCUT2D eigenvalue weighted by molar-refractivity contribution is 0.0683. The van der Waals surface area contributed by atoms with Gasteiger partial charge in [-0.1, -0.05) is 18.2 Å². The Bertz CT molecular complexity index is 970. The summed E-state index contributed by atoms with van der Waals surface area (Å²) in [5, 5.41) is 4.54. The maximum atomic E-state index is 13.5. The third-order valence-electron chi connectivity index (χ3n) is 6.04. The number of hydrogen-bond acceptors (Lipinski definition) is 4. The minimum Gasteiger partial charge on any atom is -0.463 e. The molecule has 4 heterocycles. The summed E-state index contributed by atoms with van der Waals surface area (Å²) < 4.78 is 5.52. The minimum absolute atomic E-state index is 0.0627. The first kappa shape index (κ1) is 16.5. The number of rotatable bonds is 3. The second-order valence-electron chi connectivity index (χ2n) is 7.73. The third kappa shape index (κ3) is 2.92. The number of para-hydroxylation sites is 1. The maximum Gasteiger partial charge on any atom is 0.254 e. The van der Waals surface area contributed by atoms with E-state index in [-0.39, 0.29) is 11.9 Å². The molecule has 5 nitrogen and oxygen atoms in total. The molecule has 0 radical (unpaired) electrons. The molecule has 1 N–H and O–H groups in total. The van der Waals surface area contributed by atoms with Crippen LogP contribution in [0.3, 0.4) is 0 Å². The molecule has 3 aromatic rings. The normalized spacial score (nSPS) is 24.3. The number of hydrogen-bond donors (Lipinski definition) is 1. The largest absolute Gasteiger partial charge is 0.463 e. The van der Waals surface area contributed by atoms with Crippen LogP contribution in [-0.4, -0.2) is 41.0 Å². The molecule has 2 aliphatic rings. The molecule has 2 atom stereocenters. The summed E-state index contributed by atoms with van der Waals surface area (Å²) >= 11 is 0. The zero-order chi connectivity index (χ0) is 18.4. The zero-order valence-electron chi connectivity index (χ0n) is 15.4. The fourth-order valence-corrected chi connectivity index (χ4v) is 4.60. The molecule has 2 unspecified atom stereocenters. The van der Waals surface area contributed by atoms with Gasteiger partial charge in [-0.25, -0.2) is 4.98 Å². The van der Waals surface area contributed by atoms with E-state index in [0.29, 0.717) is 29.1 Å². The van der Waals surface area contributed by atoms with Crippen molar-refractivity contribution in [2.45, 2.75) is 43.8 Å². The molecule has 1 aromatic carbocycles. The van der Waals surface area contributed by atoms with E-state index in [9.17, 15) is 4.79 Å². The van der Waals surface area contributed by atoms with E-state index in [2.05, 4.69) is 5.32 Å². The summed E-state index contributed by atoms with van der Waals surface area (Å²) in [6, 6.07) is 14.8. The highest BCUT2D eigenvalue weighted by Crippen LogP contribution is 2.31. The number of benzene rings is 1. The maximum absolute atomic E-state index is 13.5. The predicted octanol–water partition coefficient (Wildman–Crippen LogP) is 3.85. The van der Waals surface area contributed by atoms with Gasteiger partial charge in [0.1, 0.15) is 5.69 Å². The fourth-order valence-electron chi connectivity index (χ4n) is 4.60. The molecule has 2 bridgehead atoms. The SMILES string of the molecule is CN(C(=O)c1cc(-c2ccco2)nc2ccccc12)C1CC2CCC(C1)N2. The van der Waals surface area contributed by atoms with Crippen LogP contribution in [0.5, 0.6) is 0 Å². The van der Waals surface area contributed by atoms with Crippen LogP contribution in [-0.2, 0) is 0 Å². The summed E-state index contributed by atoms with van der Waals surface area (Å²) in [6.07, 6.45) is 6.15. The highest BCUT2D eigenvalue weighted by molar-refractivity contribution is 6.07. The smallest absolute Gasteiger partial charge is 0.254 e. The fraction of sp³-hybridized carbons (Fsp3) is 0.364. The number of fused-ring (bicyclic) bond motifs is 3. The topological polar surface area (TPSA) is 58.4 Å². The van der Waals surface area contributed by atoms with Crippen molar-refractivity contribution < 1.29 is 9.21 Å². The molecule has 2 aliphatic heterocycles. The van der Waals surface area contributed by atoms with Crippen LogP contribution in [0, 0.1) is 0 Å². The van der Waals surface area contributed by atoms with Crippen LogP contribution in [0.4, 0.5) is 0 Å². The highest BCUT2D eigenvalue weighted by atomic mass is 16.3. The summed E-state index contributed by atoms with van der Waals surface area (Å²) in [6.45, 7) is 0. The third-order valence-corrected chi connectivity index (χ3v) is 6.04. The number of piperidine rings is 1. The van der Waals surface area contributed by atoms with Crippen LogP contribution >= 0.6 is 0 Å². The molecule has 0 spiro atoms. The van der Waals surface area contributed by atoms with Crippen molar-refractivity contribution in [2.24, 2.45) is 0 Å². The summed E-state index contributed by atoms with van der Waals surface area (Å²) in [7, 11) is 1.94. The van der Waals surface area contributed by atoms with E-state index in [0.717, 1.165) is 23.7 Å². The van der Waals surface area contributed by atoms with E-state index in [4.69, 9.17) is 9.40 Å². The van der Waals surface area contributed by atoms with Crippen LogP contribution in [0.25, 0.3) is 22.4 Å². The Morgan fingerprint density at radius 3 is 2.67 bits per heavy atom. The van der Waals surface area contributed by atoms with Crippen molar-refractivity contribution in [3.63, 3.8) is 0 Å². The molecular formula is C22H23N3O2. The van der Waals surface area contributed by atoms with Gasteiger partial charge in [-0.05, 0) is 49.9 Å². The Hall–Kier alpha value is -2.66. The number of pyridine rings is 1. The van der Waals surface area contributed by atoms with Gasteiger partial charge < -0.3 is 14.6 Å². The quantitative estimate of drug-likeness (QED) is 0.770. The number of furan rings is 1. The standard InChI is InChI=1S/C22H23N3O2/c1-25(16-11-14-8-9-15(12-16)23-14)22(26)18-13-20(21-7-4-10-27-21)24-19-6-3-2-5-17(18)19/h2-7,10,13-16,23H,8-9,11-12H2,1H3.